The van der Waals surface area contributed by atoms with Gasteiger partial charge in [-0.2, -0.15) is 0 Å². The number of nitrogens with zero attached hydrogens (tertiary/aromatic N) is 2. The average Bonchev–Trinajstić information content (AvgIpc) is 3.04. The molecule has 8 nitrogen and oxygen atoms in total. The van der Waals surface area contributed by atoms with Crippen molar-refractivity contribution >= 4 is 33.4 Å². The maximum absolute atomic E-state index is 13.0. The minimum absolute atomic E-state index is 0.111. The van der Waals surface area contributed by atoms with Gasteiger partial charge in [-0.15, -0.1) is 0 Å². The van der Waals surface area contributed by atoms with E-state index < -0.39 is 16.1 Å². The lowest BCUT2D eigenvalue weighted by atomic mass is 9.96. The molecule has 2 atom stereocenters. The first-order valence-electron chi connectivity index (χ1n) is 10.2. The monoisotopic (exact) mass is 440 g/mol. The van der Waals surface area contributed by atoms with E-state index in [1.807, 2.05) is 30.3 Å². The van der Waals surface area contributed by atoms with Crippen molar-refractivity contribution in [2.75, 3.05) is 18.4 Å². The van der Waals surface area contributed by atoms with Gasteiger partial charge in [-0.3, -0.25) is 19.3 Å². The number of benzene rings is 2. The molecule has 1 fully saturated rings. The number of likely N-dealkylation sites (tertiary alicyclic amines) is 1. The molecule has 1 unspecified atom stereocenters. The SMILES string of the molecule is C[C@H](N=C1NS(=O)(=O)c2ccccc21)C(=O)N1CCCC(C(=O)Nc2ccccc2)C1. The van der Waals surface area contributed by atoms with Gasteiger partial charge in [-0.25, -0.2) is 8.42 Å². The Labute approximate surface area is 181 Å². The number of hydrogen-bond acceptors (Lipinski definition) is 5. The van der Waals surface area contributed by atoms with Gasteiger partial charge in [0.1, 0.15) is 11.9 Å². The van der Waals surface area contributed by atoms with Crippen LogP contribution in [-0.4, -0.2) is 50.1 Å². The Morgan fingerprint density at radius 2 is 1.84 bits per heavy atom. The topological polar surface area (TPSA) is 108 Å². The van der Waals surface area contributed by atoms with Gasteiger partial charge in [-0.1, -0.05) is 30.3 Å². The first-order chi connectivity index (χ1) is 14.8. The number of hydrogen-bond donors (Lipinski definition) is 2. The Morgan fingerprint density at radius 3 is 2.61 bits per heavy atom. The third-order valence-electron chi connectivity index (χ3n) is 5.49. The molecule has 2 aliphatic rings. The lowest BCUT2D eigenvalue weighted by Crippen LogP contribution is -2.46. The quantitative estimate of drug-likeness (QED) is 0.758. The maximum atomic E-state index is 13.0. The van der Waals surface area contributed by atoms with Crippen molar-refractivity contribution in [1.82, 2.24) is 9.62 Å². The summed E-state index contributed by atoms with van der Waals surface area (Å²) in [5, 5.41) is 2.90. The molecule has 2 heterocycles. The molecule has 9 heteroatoms. The average molecular weight is 441 g/mol. The van der Waals surface area contributed by atoms with Gasteiger partial charge in [0.2, 0.25) is 11.8 Å². The number of fused-ring (bicyclic) bond motifs is 1. The van der Waals surface area contributed by atoms with Crippen LogP contribution in [0, 0.1) is 5.92 Å². The second-order valence-electron chi connectivity index (χ2n) is 7.73. The predicted octanol–water partition coefficient (Wildman–Crippen LogP) is 1.99. The summed E-state index contributed by atoms with van der Waals surface area (Å²) >= 11 is 0. The van der Waals surface area contributed by atoms with E-state index in [2.05, 4.69) is 15.0 Å². The summed E-state index contributed by atoms with van der Waals surface area (Å²) in [6, 6.07) is 15.0. The number of rotatable bonds is 4. The summed E-state index contributed by atoms with van der Waals surface area (Å²) in [7, 11) is -3.66. The smallest absolute Gasteiger partial charge is 0.263 e. The molecule has 0 bridgehead atoms. The minimum atomic E-state index is -3.66. The maximum Gasteiger partial charge on any atom is 0.263 e. The molecule has 31 heavy (non-hydrogen) atoms. The number of sulfonamides is 1. The number of piperidine rings is 1. The van der Waals surface area contributed by atoms with Crippen molar-refractivity contribution in [3.8, 4) is 0 Å². The highest BCUT2D eigenvalue weighted by molar-refractivity contribution is 7.90. The zero-order chi connectivity index (χ0) is 22.0. The first kappa shape index (κ1) is 21.0. The molecule has 0 saturated carbocycles. The number of nitrogens with one attached hydrogen (secondary N) is 2. The number of anilines is 1. The van der Waals surface area contributed by atoms with Gasteiger partial charge < -0.3 is 10.2 Å². The van der Waals surface area contributed by atoms with Gasteiger partial charge >= 0.3 is 0 Å². The summed E-state index contributed by atoms with van der Waals surface area (Å²) in [5.41, 5.74) is 1.18. The van der Waals surface area contributed by atoms with Crippen LogP contribution in [0.1, 0.15) is 25.3 Å². The molecule has 4 rings (SSSR count). The number of para-hydroxylation sites is 1. The van der Waals surface area contributed by atoms with Gasteiger partial charge in [0.05, 0.1) is 10.8 Å². The molecule has 2 amide bonds. The van der Waals surface area contributed by atoms with E-state index in [-0.39, 0.29) is 28.5 Å². The zero-order valence-electron chi connectivity index (χ0n) is 17.1. The number of aliphatic imine (C=N–C) groups is 1. The molecule has 2 aromatic rings. The summed E-state index contributed by atoms with van der Waals surface area (Å²) in [5.74, 6) is -0.469. The van der Waals surface area contributed by atoms with Crippen LogP contribution in [0.2, 0.25) is 0 Å². The van der Waals surface area contributed by atoms with Crippen molar-refractivity contribution in [3.05, 3.63) is 60.2 Å². The van der Waals surface area contributed by atoms with Gasteiger partial charge in [-0.05, 0) is 44.0 Å². The minimum Gasteiger partial charge on any atom is -0.340 e. The Kier molecular flexibility index (Phi) is 5.77. The standard InChI is InChI=1S/C22H24N4O4S/c1-15(23-20-18-11-5-6-12-19(18)31(29,30)25-20)22(28)26-13-7-8-16(14-26)21(27)24-17-9-3-2-4-10-17/h2-6,9-12,15-16H,7-8,13-14H2,1H3,(H,23,25)(H,24,27)/t15-,16?/m0/s1. The zero-order valence-corrected chi connectivity index (χ0v) is 17.9. The highest BCUT2D eigenvalue weighted by Gasteiger charge is 2.33. The highest BCUT2D eigenvalue weighted by Crippen LogP contribution is 2.24. The van der Waals surface area contributed by atoms with Crippen LogP contribution >= 0.6 is 0 Å². The Bertz CT molecular complexity index is 1130. The molecule has 0 spiro atoms. The molecule has 0 radical (unpaired) electrons. The first-order valence-corrected chi connectivity index (χ1v) is 11.7. The van der Waals surface area contributed by atoms with E-state index in [0.717, 1.165) is 12.1 Å². The van der Waals surface area contributed by atoms with E-state index in [9.17, 15) is 18.0 Å². The fourth-order valence-electron chi connectivity index (χ4n) is 3.90. The number of amides is 2. The molecule has 0 aliphatic carbocycles. The number of amidine groups is 1. The molecule has 2 N–H and O–H groups in total. The van der Waals surface area contributed by atoms with E-state index >= 15 is 0 Å². The van der Waals surface area contributed by atoms with Crippen LogP contribution in [-0.2, 0) is 19.6 Å². The molecule has 2 aliphatic heterocycles. The van der Waals surface area contributed by atoms with Gasteiger partial charge in [0, 0.05) is 24.3 Å². The second kappa shape index (κ2) is 8.50. The molecule has 2 aromatic carbocycles. The third-order valence-corrected chi connectivity index (χ3v) is 6.89. The number of carbonyl (C=O) groups excluding carboxylic acids is 2. The van der Waals surface area contributed by atoms with Crippen molar-refractivity contribution in [2.24, 2.45) is 10.9 Å². The van der Waals surface area contributed by atoms with Crippen LogP contribution < -0.4 is 10.0 Å². The van der Waals surface area contributed by atoms with E-state index in [4.69, 9.17) is 0 Å². The Hall–Kier alpha value is -3.20. The lowest BCUT2D eigenvalue weighted by Gasteiger charge is -2.33. The second-order valence-corrected chi connectivity index (χ2v) is 9.38. The predicted molar refractivity (Wildman–Crippen MR) is 117 cm³/mol. The van der Waals surface area contributed by atoms with E-state index in [1.54, 1.807) is 30.0 Å². The molecule has 0 aromatic heterocycles. The normalized spacial score (nSPS) is 21.8. The third kappa shape index (κ3) is 4.46. The van der Waals surface area contributed by atoms with E-state index in [1.165, 1.54) is 6.07 Å². The van der Waals surface area contributed by atoms with E-state index in [0.29, 0.717) is 25.1 Å². The van der Waals surface area contributed by atoms with Crippen LogP contribution in [0.4, 0.5) is 5.69 Å². The van der Waals surface area contributed by atoms with Gasteiger partial charge in [0.25, 0.3) is 10.0 Å². The fraction of sp³-hybridized carbons (Fsp3) is 0.318. The van der Waals surface area contributed by atoms with Crippen LogP contribution in [0.15, 0.2) is 64.5 Å². The van der Waals surface area contributed by atoms with Crippen LogP contribution in [0.3, 0.4) is 0 Å². The molecule has 1 saturated heterocycles. The Morgan fingerprint density at radius 1 is 1.13 bits per heavy atom. The summed E-state index contributed by atoms with van der Waals surface area (Å²) in [6.07, 6.45) is 1.43. The largest absolute Gasteiger partial charge is 0.340 e. The van der Waals surface area contributed by atoms with Crippen LogP contribution in [0.25, 0.3) is 0 Å². The highest BCUT2D eigenvalue weighted by atomic mass is 32.2. The van der Waals surface area contributed by atoms with Crippen LogP contribution in [0.5, 0.6) is 0 Å². The molecular weight excluding hydrogens is 416 g/mol. The van der Waals surface area contributed by atoms with Crippen molar-refractivity contribution in [3.63, 3.8) is 0 Å². The summed E-state index contributed by atoms with van der Waals surface area (Å²) < 4.78 is 26.9. The summed E-state index contributed by atoms with van der Waals surface area (Å²) in [6.45, 7) is 2.50. The molecule has 162 valence electrons. The fourth-order valence-corrected chi connectivity index (χ4v) is 5.14. The summed E-state index contributed by atoms with van der Waals surface area (Å²) in [4.78, 5) is 31.8. The number of carbonyl (C=O) groups is 2. The van der Waals surface area contributed by atoms with Crippen molar-refractivity contribution < 1.29 is 18.0 Å². The van der Waals surface area contributed by atoms with Crippen molar-refractivity contribution in [2.45, 2.75) is 30.7 Å². The van der Waals surface area contributed by atoms with Gasteiger partial charge in [0.15, 0.2) is 0 Å². The van der Waals surface area contributed by atoms with Crippen molar-refractivity contribution in [1.29, 1.82) is 0 Å². The molecular formula is C22H24N4O4S. The lowest BCUT2D eigenvalue weighted by molar-refractivity contribution is -0.135. The Balaban J connectivity index is 1.44.